The highest BCUT2D eigenvalue weighted by Crippen LogP contribution is 2.21. The van der Waals surface area contributed by atoms with Gasteiger partial charge >= 0.3 is 0 Å². The second-order valence-electron chi connectivity index (χ2n) is 5.18. The molecule has 3 nitrogen and oxygen atoms in total. The van der Waals surface area contributed by atoms with Crippen LogP contribution >= 0.6 is 11.3 Å². The van der Waals surface area contributed by atoms with E-state index in [4.69, 9.17) is 5.11 Å². The molecule has 0 aliphatic carbocycles. The molecule has 1 aliphatic heterocycles. The molecule has 0 radical (unpaired) electrons. The summed E-state index contributed by atoms with van der Waals surface area (Å²) >= 11 is 1.77. The van der Waals surface area contributed by atoms with E-state index in [2.05, 4.69) is 47.9 Å². The Labute approximate surface area is 119 Å². The number of rotatable bonds is 4. The zero-order valence-electron chi connectivity index (χ0n) is 11.7. The van der Waals surface area contributed by atoms with Gasteiger partial charge in [-0.05, 0) is 32.6 Å². The van der Waals surface area contributed by atoms with Crippen LogP contribution in [0, 0.1) is 11.8 Å². The van der Waals surface area contributed by atoms with Crippen molar-refractivity contribution in [2.24, 2.45) is 0 Å². The second-order valence-corrected chi connectivity index (χ2v) is 6.35. The molecule has 1 N–H and O–H groups in total. The lowest BCUT2D eigenvalue weighted by Gasteiger charge is -2.19. The SMILES string of the molecule is CN(C)C1CCN(Cc2ccc(C#CCCO)s2)C1. The third-order valence-corrected chi connectivity index (χ3v) is 4.45. The predicted octanol–water partition coefficient (Wildman–Crippen LogP) is 1.62. The fraction of sp³-hybridized carbons (Fsp3) is 0.600. The molecule has 0 bridgehead atoms. The van der Waals surface area contributed by atoms with E-state index in [1.807, 2.05) is 0 Å². The first kappa shape index (κ1) is 14.5. The molecule has 1 aromatic rings. The highest BCUT2D eigenvalue weighted by molar-refractivity contribution is 7.12. The highest BCUT2D eigenvalue weighted by Gasteiger charge is 2.23. The molecule has 104 valence electrons. The summed E-state index contributed by atoms with van der Waals surface area (Å²) in [6, 6.07) is 4.96. The van der Waals surface area contributed by atoms with E-state index in [1.54, 1.807) is 11.3 Å². The van der Waals surface area contributed by atoms with Crippen LogP contribution in [0.5, 0.6) is 0 Å². The lowest BCUT2D eigenvalue weighted by atomic mass is 10.2. The molecular weight excluding hydrogens is 256 g/mol. The molecular formula is C15H22N2OS. The minimum atomic E-state index is 0.144. The quantitative estimate of drug-likeness (QED) is 0.848. The van der Waals surface area contributed by atoms with Gasteiger partial charge in [0.1, 0.15) is 0 Å². The highest BCUT2D eigenvalue weighted by atomic mass is 32.1. The molecule has 2 heterocycles. The number of hydrogen-bond donors (Lipinski definition) is 1. The normalized spacial score (nSPS) is 19.7. The lowest BCUT2D eigenvalue weighted by Crippen LogP contribution is -2.31. The van der Waals surface area contributed by atoms with E-state index >= 15 is 0 Å². The topological polar surface area (TPSA) is 26.7 Å². The molecule has 0 spiro atoms. The van der Waals surface area contributed by atoms with Gasteiger partial charge in [0.05, 0.1) is 11.5 Å². The van der Waals surface area contributed by atoms with Gasteiger partial charge in [-0.15, -0.1) is 11.3 Å². The van der Waals surface area contributed by atoms with Gasteiger partial charge in [-0.2, -0.15) is 0 Å². The van der Waals surface area contributed by atoms with Crippen LogP contribution < -0.4 is 0 Å². The van der Waals surface area contributed by atoms with E-state index in [0.717, 1.165) is 18.0 Å². The van der Waals surface area contributed by atoms with Crippen molar-refractivity contribution < 1.29 is 5.11 Å². The van der Waals surface area contributed by atoms with Crippen LogP contribution in [-0.2, 0) is 6.54 Å². The Balaban J connectivity index is 1.86. The molecule has 1 aromatic heterocycles. The molecule has 1 fully saturated rings. The van der Waals surface area contributed by atoms with Gasteiger partial charge < -0.3 is 10.0 Å². The third kappa shape index (κ3) is 4.32. The Morgan fingerprint density at radius 1 is 1.47 bits per heavy atom. The maximum atomic E-state index is 8.70. The first-order valence-corrected chi connectivity index (χ1v) is 7.58. The van der Waals surface area contributed by atoms with Crippen molar-refractivity contribution in [3.05, 3.63) is 21.9 Å². The summed E-state index contributed by atoms with van der Waals surface area (Å²) in [5.41, 5.74) is 0. The molecule has 4 heteroatoms. The van der Waals surface area contributed by atoms with Crippen LogP contribution in [0.3, 0.4) is 0 Å². The predicted molar refractivity (Wildman–Crippen MR) is 80.3 cm³/mol. The van der Waals surface area contributed by atoms with Gasteiger partial charge in [-0.1, -0.05) is 11.8 Å². The zero-order valence-corrected chi connectivity index (χ0v) is 12.5. The molecule has 19 heavy (non-hydrogen) atoms. The molecule has 1 saturated heterocycles. The van der Waals surface area contributed by atoms with Crippen molar-refractivity contribution in [3.63, 3.8) is 0 Å². The van der Waals surface area contributed by atoms with Crippen molar-refractivity contribution in [2.75, 3.05) is 33.8 Å². The van der Waals surface area contributed by atoms with Crippen LogP contribution in [-0.4, -0.2) is 54.7 Å². The average molecular weight is 278 g/mol. The van der Waals surface area contributed by atoms with E-state index in [0.29, 0.717) is 12.5 Å². The van der Waals surface area contributed by atoms with Gasteiger partial charge in [0.25, 0.3) is 0 Å². The van der Waals surface area contributed by atoms with Crippen molar-refractivity contribution >= 4 is 11.3 Å². The maximum absolute atomic E-state index is 8.70. The summed E-state index contributed by atoms with van der Waals surface area (Å²) < 4.78 is 0. The monoisotopic (exact) mass is 278 g/mol. The van der Waals surface area contributed by atoms with Gasteiger partial charge in [0.15, 0.2) is 0 Å². The van der Waals surface area contributed by atoms with E-state index in [1.165, 1.54) is 17.8 Å². The second kappa shape index (κ2) is 7.06. The average Bonchev–Trinajstić information content (AvgIpc) is 3.00. The number of aliphatic hydroxyl groups is 1. The van der Waals surface area contributed by atoms with Gasteiger partial charge in [-0.3, -0.25) is 4.90 Å². The van der Waals surface area contributed by atoms with Gasteiger partial charge in [0, 0.05) is 37.0 Å². The molecule has 0 amide bonds. The summed E-state index contributed by atoms with van der Waals surface area (Å²) in [7, 11) is 4.32. The van der Waals surface area contributed by atoms with Crippen LogP contribution in [0.15, 0.2) is 12.1 Å². The molecule has 0 saturated carbocycles. The van der Waals surface area contributed by atoms with Crippen molar-refractivity contribution in [1.82, 2.24) is 9.80 Å². The minimum Gasteiger partial charge on any atom is -0.395 e. The smallest absolute Gasteiger partial charge is 0.0771 e. The van der Waals surface area contributed by atoms with Crippen LogP contribution in [0.2, 0.25) is 0 Å². The van der Waals surface area contributed by atoms with E-state index < -0.39 is 0 Å². The van der Waals surface area contributed by atoms with Crippen molar-refractivity contribution in [1.29, 1.82) is 0 Å². The Morgan fingerprint density at radius 3 is 3.00 bits per heavy atom. The largest absolute Gasteiger partial charge is 0.395 e. The number of aliphatic hydroxyl groups excluding tert-OH is 1. The Kier molecular flexibility index (Phi) is 5.41. The standard InChI is InChI=1S/C15H22N2OS/c1-16(2)13-8-9-17(11-13)12-15-7-6-14(19-15)5-3-4-10-18/h6-7,13,18H,4,8-12H2,1-2H3. The molecule has 0 aromatic carbocycles. The fourth-order valence-electron chi connectivity index (χ4n) is 2.33. The van der Waals surface area contributed by atoms with Gasteiger partial charge in [0.2, 0.25) is 0 Å². The first-order valence-electron chi connectivity index (χ1n) is 6.76. The maximum Gasteiger partial charge on any atom is 0.0771 e. The Morgan fingerprint density at radius 2 is 2.32 bits per heavy atom. The summed E-state index contributed by atoms with van der Waals surface area (Å²) in [6.07, 6.45) is 1.82. The number of likely N-dealkylation sites (tertiary alicyclic amines) is 1. The van der Waals surface area contributed by atoms with Gasteiger partial charge in [-0.25, -0.2) is 0 Å². The molecule has 1 unspecified atom stereocenters. The molecule has 2 rings (SSSR count). The number of nitrogens with zero attached hydrogens (tertiary/aromatic N) is 2. The van der Waals surface area contributed by atoms with E-state index in [-0.39, 0.29) is 6.61 Å². The third-order valence-electron chi connectivity index (χ3n) is 3.47. The zero-order chi connectivity index (χ0) is 13.7. The first-order chi connectivity index (χ1) is 9.19. The summed E-state index contributed by atoms with van der Waals surface area (Å²) in [5, 5.41) is 8.70. The Hall–Kier alpha value is -0.860. The number of thiophene rings is 1. The summed E-state index contributed by atoms with van der Waals surface area (Å²) in [6.45, 7) is 3.53. The summed E-state index contributed by atoms with van der Waals surface area (Å²) in [5.74, 6) is 6.07. The van der Waals surface area contributed by atoms with Crippen LogP contribution in [0.1, 0.15) is 22.6 Å². The minimum absolute atomic E-state index is 0.144. The number of likely N-dealkylation sites (N-methyl/N-ethyl adjacent to an activating group) is 1. The van der Waals surface area contributed by atoms with Crippen LogP contribution in [0.4, 0.5) is 0 Å². The van der Waals surface area contributed by atoms with Crippen molar-refractivity contribution in [3.8, 4) is 11.8 Å². The molecule has 1 aliphatic rings. The lowest BCUT2D eigenvalue weighted by molar-refractivity contribution is 0.266. The van der Waals surface area contributed by atoms with Crippen LogP contribution in [0.25, 0.3) is 0 Å². The van der Waals surface area contributed by atoms with Crippen molar-refractivity contribution in [2.45, 2.75) is 25.4 Å². The molecule has 1 atom stereocenters. The summed E-state index contributed by atoms with van der Waals surface area (Å²) in [4.78, 5) is 7.32. The number of hydrogen-bond acceptors (Lipinski definition) is 4. The van der Waals surface area contributed by atoms with E-state index in [9.17, 15) is 0 Å². The fourth-order valence-corrected chi connectivity index (χ4v) is 3.26. The Bertz CT molecular complexity index is 458.